The number of benzene rings is 1. The van der Waals surface area contributed by atoms with Crippen LogP contribution in [-0.4, -0.2) is 34.9 Å². The number of carbonyl (C=O) groups excluding carboxylic acids is 1. The molecule has 1 heterocycles. The molecule has 1 amide bonds. The molecule has 1 atom stereocenters. The number of nitro groups is 1. The second-order valence-electron chi connectivity index (χ2n) is 5.42. The number of nitrogens with zero attached hydrogens (tertiary/aromatic N) is 2. The summed E-state index contributed by atoms with van der Waals surface area (Å²) in [7, 11) is 0. The molecule has 21 heavy (non-hydrogen) atoms. The molecule has 0 saturated carbocycles. The number of rotatable bonds is 5. The van der Waals surface area contributed by atoms with Crippen LogP contribution in [0.4, 0.5) is 5.69 Å². The number of nitro benzene ring substituents is 1. The zero-order valence-corrected chi connectivity index (χ0v) is 12.0. The quantitative estimate of drug-likeness (QED) is 0.662. The third-order valence-electron chi connectivity index (χ3n) is 3.92. The van der Waals surface area contributed by atoms with Gasteiger partial charge in [-0.05, 0) is 37.8 Å². The molecule has 6 nitrogen and oxygen atoms in total. The molecular weight excluding hydrogens is 270 g/mol. The van der Waals surface area contributed by atoms with Gasteiger partial charge in [0.1, 0.15) is 0 Å². The zero-order chi connectivity index (χ0) is 15.2. The van der Waals surface area contributed by atoms with Crippen LogP contribution in [0.1, 0.15) is 31.2 Å². The Hall–Kier alpha value is -1.95. The summed E-state index contributed by atoms with van der Waals surface area (Å²) in [5, 5.41) is 10.8. The molecule has 1 saturated heterocycles. The van der Waals surface area contributed by atoms with E-state index in [0.717, 1.165) is 32.2 Å². The number of piperidine rings is 1. The number of nitrogens with two attached hydrogens (primary N) is 1. The van der Waals surface area contributed by atoms with E-state index in [1.807, 2.05) is 4.90 Å². The summed E-state index contributed by atoms with van der Waals surface area (Å²) >= 11 is 0. The van der Waals surface area contributed by atoms with Gasteiger partial charge in [0.05, 0.1) is 11.3 Å². The highest BCUT2D eigenvalue weighted by Gasteiger charge is 2.26. The smallest absolute Gasteiger partial charge is 0.269 e. The van der Waals surface area contributed by atoms with Gasteiger partial charge in [-0.25, -0.2) is 0 Å². The van der Waals surface area contributed by atoms with Crippen molar-refractivity contribution < 1.29 is 9.72 Å². The van der Waals surface area contributed by atoms with E-state index in [-0.39, 0.29) is 24.1 Å². The number of amides is 1. The topological polar surface area (TPSA) is 89.5 Å². The molecule has 0 bridgehead atoms. The third kappa shape index (κ3) is 4.01. The van der Waals surface area contributed by atoms with Gasteiger partial charge in [-0.1, -0.05) is 12.1 Å². The molecule has 1 fully saturated rings. The molecular formula is C15H21N3O3. The van der Waals surface area contributed by atoms with E-state index < -0.39 is 4.92 Å². The molecule has 1 aromatic carbocycles. The Kier molecular flexibility index (Phi) is 5.27. The van der Waals surface area contributed by atoms with Gasteiger partial charge in [0.15, 0.2) is 0 Å². The molecule has 2 N–H and O–H groups in total. The molecule has 114 valence electrons. The normalized spacial score (nSPS) is 18.5. The fourth-order valence-electron chi connectivity index (χ4n) is 2.88. The highest BCUT2D eigenvalue weighted by atomic mass is 16.6. The van der Waals surface area contributed by atoms with E-state index >= 15 is 0 Å². The minimum Gasteiger partial charge on any atom is -0.339 e. The van der Waals surface area contributed by atoms with Crippen molar-refractivity contribution in [3.05, 3.63) is 39.9 Å². The van der Waals surface area contributed by atoms with Gasteiger partial charge < -0.3 is 10.6 Å². The first-order valence-corrected chi connectivity index (χ1v) is 7.34. The summed E-state index contributed by atoms with van der Waals surface area (Å²) in [4.78, 5) is 24.7. The summed E-state index contributed by atoms with van der Waals surface area (Å²) in [6, 6.07) is 6.50. The lowest BCUT2D eigenvalue weighted by molar-refractivity contribution is -0.384. The number of hydrogen-bond acceptors (Lipinski definition) is 4. The Morgan fingerprint density at radius 2 is 2.24 bits per heavy atom. The molecule has 1 unspecified atom stereocenters. The van der Waals surface area contributed by atoms with Gasteiger partial charge in [0, 0.05) is 24.7 Å². The summed E-state index contributed by atoms with van der Waals surface area (Å²) in [6.45, 7) is 1.34. The Balaban J connectivity index is 2.05. The van der Waals surface area contributed by atoms with E-state index in [9.17, 15) is 14.9 Å². The first-order valence-electron chi connectivity index (χ1n) is 7.34. The number of carbonyl (C=O) groups is 1. The van der Waals surface area contributed by atoms with E-state index in [4.69, 9.17) is 5.73 Å². The second-order valence-corrected chi connectivity index (χ2v) is 5.42. The minimum absolute atomic E-state index is 0.0254. The van der Waals surface area contributed by atoms with Crippen molar-refractivity contribution in [1.82, 2.24) is 4.90 Å². The number of likely N-dealkylation sites (tertiary alicyclic amines) is 1. The minimum atomic E-state index is -0.438. The van der Waals surface area contributed by atoms with Gasteiger partial charge in [0.25, 0.3) is 5.69 Å². The van der Waals surface area contributed by atoms with Gasteiger partial charge in [-0.3, -0.25) is 14.9 Å². The molecule has 0 spiro atoms. The highest BCUT2D eigenvalue weighted by molar-refractivity contribution is 5.79. The Labute approximate surface area is 124 Å². The summed E-state index contributed by atoms with van der Waals surface area (Å²) in [5.41, 5.74) is 6.33. The Bertz CT molecular complexity index is 517. The summed E-state index contributed by atoms with van der Waals surface area (Å²) in [6.07, 6.45) is 4.17. The van der Waals surface area contributed by atoms with Gasteiger partial charge in [-0.2, -0.15) is 0 Å². The van der Waals surface area contributed by atoms with Crippen LogP contribution < -0.4 is 5.73 Å². The van der Waals surface area contributed by atoms with E-state index in [2.05, 4.69) is 0 Å². The maximum absolute atomic E-state index is 12.4. The van der Waals surface area contributed by atoms with Crippen molar-refractivity contribution in [1.29, 1.82) is 0 Å². The van der Waals surface area contributed by atoms with Gasteiger partial charge in [0.2, 0.25) is 5.91 Å². The fraction of sp³-hybridized carbons (Fsp3) is 0.533. The lowest BCUT2D eigenvalue weighted by Crippen LogP contribution is -2.45. The lowest BCUT2D eigenvalue weighted by Gasteiger charge is -2.35. The monoisotopic (exact) mass is 291 g/mol. The van der Waals surface area contributed by atoms with Crippen molar-refractivity contribution in [2.75, 3.05) is 13.1 Å². The van der Waals surface area contributed by atoms with Crippen LogP contribution >= 0.6 is 0 Å². The largest absolute Gasteiger partial charge is 0.339 e. The van der Waals surface area contributed by atoms with Crippen molar-refractivity contribution in [3.8, 4) is 0 Å². The average molecular weight is 291 g/mol. The lowest BCUT2D eigenvalue weighted by atomic mass is 9.98. The van der Waals surface area contributed by atoms with Crippen molar-refractivity contribution in [2.24, 2.45) is 5.73 Å². The van der Waals surface area contributed by atoms with E-state index in [1.54, 1.807) is 12.1 Å². The highest BCUT2D eigenvalue weighted by Crippen LogP contribution is 2.21. The van der Waals surface area contributed by atoms with E-state index in [1.165, 1.54) is 12.1 Å². The molecule has 0 aromatic heterocycles. The van der Waals surface area contributed by atoms with Crippen LogP contribution in [0.3, 0.4) is 0 Å². The predicted molar refractivity (Wildman–Crippen MR) is 79.8 cm³/mol. The number of non-ortho nitro benzene ring substituents is 1. The number of hydrogen-bond donors (Lipinski definition) is 1. The van der Waals surface area contributed by atoms with Crippen LogP contribution in [0, 0.1) is 10.1 Å². The zero-order valence-electron chi connectivity index (χ0n) is 12.0. The summed E-state index contributed by atoms with van der Waals surface area (Å²) in [5.74, 6) is 0.0358. The van der Waals surface area contributed by atoms with Crippen LogP contribution in [-0.2, 0) is 11.2 Å². The predicted octanol–water partition coefficient (Wildman–Crippen LogP) is 1.87. The molecule has 0 aliphatic carbocycles. The van der Waals surface area contributed by atoms with Gasteiger partial charge in [-0.15, -0.1) is 0 Å². The van der Waals surface area contributed by atoms with Crippen LogP contribution in [0.2, 0.25) is 0 Å². The van der Waals surface area contributed by atoms with Crippen LogP contribution in [0.15, 0.2) is 24.3 Å². The van der Waals surface area contributed by atoms with Crippen molar-refractivity contribution in [3.63, 3.8) is 0 Å². The molecule has 1 aliphatic rings. The molecule has 0 radical (unpaired) electrons. The first kappa shape index (κ1) is 15.4. The van der Waals surface area contributed by atoms with Gasteiger partial charge >= 0.3 is 0 Å². The maximum atomic E-state index is 12.4. The molecule has 1 aromatic rings. The van der Waals surface area contributed by atoms with Crippen LogP contribution in [0.5, 0.6) is 0 Å². The second kappa shape index (κ2) is 7.17. The Morgan fingerprint density at radius 1 is 1.43 bits per heavy atom. The molecule has 2 rings (SSSR count). The van der Waals surface area contributed by atoms with E-state index in [0.29, 0.717) is 12.1 Å². The van der Waals surface area contributed by atoms with Crippen molar-refractivity contribution >= 4 is 11.6 Å². The van der Waals surface area contributed by atoms with Crippen LogP contribution in [0.25, 0.3) is 0 Å². The maximum Gasteiger partial charge on any atom is 0.269 e. The standard InChI is InChI=1S/C15H21N3O3/c16-8-7-13-5-1-2-9-17(13)15(19)11-12-4-3-6-14(10-12)18(20)21/h3-4,6,10,13H,1-2,5,7-9,11,16H2. The fourth-order valence-corrected chi connectivity index (χ4v) is 2.88. The Morgan fingerprint density at radius 3 is 2.95 bits per heavy atom. The average Bonchev–Trinajstić information content (AvgIpc) is 2.48. The molecule has 6 heteroatoms. The SMILES string of the molecule is NCCC1CCCCN1C(=O)Cc1cccc([N+](=O)[O-])c1. The third-order valence-corrected chi connectivity index (χ3v) is 3.92. The summed E-state index contributed by atoms with van der Waals surface area (Å²) < 4.78 is 0. The molecule has 1 aliphatic heterocycles. The first-order chi connectivity index (χ1) is 10.1. The van der Waals surface area contributed by atoms with Crippen molar-refractivity contribution in [2.45, 2.75) is 38.1 Å².